The van der Waals surface area contributed by atoms with Crippen LogP contribution in [0.4, 0.5) is 0 Å². The molecule has 8 heteroatoms. The first-order chi connectivity index (χ1) is 12.1. The minimum atomic E-state index is -0.509. The van der Waals surface area contributed by atoms with E-state index < -0.39 is 11.9 Å². The second-order valence-electron chi connectivity index (χ2n) is 5.21. The molecule has 2 aromatic heterocycles. The fourth-order valence-corrected chi connectivity index (χ4v) is 2.47. The lowest BCUT2D eigenvalue weighted by atomic mass is 10.1. The van der Waals surface area contributed by atoms with Gasteiger partial charge in [0.1, 0.15) is 12.9 Å². The van der Waals surface area contributed by atoms with Gasteiger partial charge < -0.3 is 9.47 Å². The summed E-state index contributed by atoms with van der Waals surface area (Å²) in [5.41, 5.74) is 2.10. The summed E-state index contributed by atoms with van der Waals surface area (Å²) >= 11 is 0. The Bertz CT molecular complexity index is 935. The SMILES string of the molecule is CCc1c(C(=O)OCc2cccc(C(=O)OC)c2)cnc2ncnn12. The van der Waals surface area contributed by atoms with Gasteiger partial charge in [-0.05, 0) is 24.1 Å². The fourth-order valence-electron chi connectivity index (χ4n) is 2.47. The maximum Gasteiger partial charge on any atom is 0.341 e. The monoisotopic (exact) mass is 340 g/mol. The average molecular weight is 340 g/mol. The Morgan fingerprint density at radius 3 is 2.80 bits per heavy atom. The number of fused-ring (bicyclic) bond motifs is 1. The van der Waals surface area contributed by atoms with E-state index in [0.717, 1.165) is 0 Å². The van der Waals surface area contributed by atoms with Crippen LogP contribution in [0.15, 0.2) is 36.8 Å². The number of aromatic nitrogens is 4. The number of esters is 2. The molecule has 1 aromatic carbocycles. The van der Waals surface area contributed by atoms with Crippen molar-refractivity contribution < 1.29 is 19.1 Å². The number of carbonyl (C=O) groups is 2. The summed E-state index contributed by atoms with van der Waals surface area (Å²) in [7, 11) is 1.31. The first-order valence-corrected chi connectivity index (χ1v) is 7.66. The van der Waals surface area contributed by atoms with Crippen LogP contribution < -0.4 is 0 Å². The Balaban J connectivity index is 1.78. The highest BCUT2D eigenvalue weighted by atomic mass is 16.5. The minimum Gasteiger partial charge on any atom is -0.465 e. The molecule has 3 rings (SSSR count). The van der Waals surface area contributed by atoms with Crippen LogP contribution >= 0.6 is 0 Å². The van der Waals surface area contributed by atoms with Gasteiger partial charge in [-0.15, -0.1) is 0 Å². The van der Waals surface area contributed by atoms with Crippen molar-refractivity contribution in [2.45, 2.75) is 20.0 Å². The zero-order valence-electron chi connectivity index (χ0n) is 13.8. The molecule has 0 radical (unpaired) electrons. The molecule has 0 aliphatic rings. The molecule has 0 saturated heterocycles. The Morgan fingerprint density at radius 1 is 1.20 bits per heavy atom. The highest BCUT2D eigenvalue weighted by molar-refractivity contribution is 5.91. The fraction of sp³-hybridized carbons (Fsp3) is 0.235. The van der Waals surface area contributed by atoms with Crippen molar-refractivity contribution in [3.8, 4) is 0 Å². The number of ether oxygens (including phenoxy) is 2. The van der Waals surface area contributed by atoms with Crippen LogP contribution in [0, 0.1) is 0 Å². The second-order valence-corrected chi connectivity index (χ2v) is 5.21. The summed E-state index contributed by atoms with van der Waals surface area (Å²) in [5, 5.41) is 4.08. The van der Waals surface area contributed by atoms with Crippen LogP contribution in [0.1, 0.15) is 38.9 Å². The van der Waals surface area contributed by atoms with Gasteiger partial charge >= 0.3 is 11.9 Å². The molecule has 25 heavy (non-hydrogen) atoms. The van der Waals surface area contributed by atoms with Crippen molar-refractivity contribution in [2.24, 2.45) is 0 Å². The average Bonchev–Trinajstić information content (AvgIpc) is 3.13. The molecule has 8 nitrogen and oxygen atoms in total. The van der Waals surface area contributed by atoms with Gasteiger partial charge in [0.05, 0.1) is 23.9 Å². The molecule has 0 fully saturated rings. The predicted octanol–water partition coefficient (Wildman–Crippen LogP) is 1.83. The summed E-state index contributed by atoms with van der Waals surface area (Å²) in [6.07, 6.45) is 3.40. The standard InChI is InChI=1S/C17H16N4O4/c1-3-14-13(8-18-17-19-10-20-21(14)17)16(23)25-9-11-5-4-6-12(7-11)15(22)24-2/h4-8,10H,3,9H2,1-2H3. The number of carbonyl (C=O) groups excluding carboxylic acids is 2. The van der Waals surface area contributed by atoms with E-state index in [4.69, 9.17) is 4.74 Å². The van der Waals surface area contributed by atoms with E-state index >= 15 is 0 Å². The lowest BCUT2D eigenvalue weighted by molar-refractivity contribution is 0.0470. The van der Waals surface area contributed by atoms with Crippen molar-refractivity contribution in [3.05, 3.63) is 59.2 Å². The smallest absolute Gasteiger partial charge is 0.341 e. The largest absolute Gasteiger partial charge is 0.465 e. The molecule has 0 amide bonds. The Hall–Kier alpha value is -3.29. The van der Waals surface area contributed by atoms with E-state index in [2.05, 4.69) is 19.8 Å². The van der Waals surface area contributed by atoms with Crippen molar-refractivity contribution in [3.63, 3.8) is 0 Å². The Morgan fingerprint density at radius 2 is 2.04 bits per heavy atom. The van der Waals surface area contributed by atoms with Gasteiger partial charge in [0.2, 0.25) is 0 Å². The number of hydrogen-bond donors (Lipinski definition) is 0. The van der Waals surface area contributed by atoms with Gasteiger partial charge in [-0.2, -0.15) is 10.1 Å². The van der Waals surface area contributed by atoms with Crippen molar-refractivity contribution in [2.75, 3.05) is 7.11 Å². The molecular weight excluding hydrogens is 324 g/mol. The normalized spacial score (nSPS) is 10.6. The molecular formula is C17H16N4O4. The lowest BCUT2D eigenvalue weighted by Gasteiger charge is -2.09. The van der Waals surface area contributed by atoms with Crippen LogP contribution in [-0.4, -0.2) is 38.6 Å². The number of nitrogens with zero attached hydrogens (tertiary/aromatic N) is 4. The van der Waals surface area contributed by atoms with E-state index in [1.165, 1.54) is 24.1 Å². The molecule has 2 heterocycles. The van der Waals surface area contributed by atoms with E-state index in [-0.39, 0.29) is 6.61 Å². The number of benzene rings is 1. The van der Waals surface area contributed by atoms with E-state index in [0.29, 0.717) is 34.6 Å². The summed E-state index contributed by atoms with van der Waals surface area (Å²) in [5.74, 6) is -0.522. The van der Waals surface area contributed by atoms with Crippen LogP contribution in [-0.2, 0) is 22.5 Å². The minimum absolute atomic E-state index is 0.0300. The van der Waals surface area contributed by atoms with Crippen molar-refractivity contribution in [1.82, 2.24) is 19.6 Å². The summed E-state index contributed by atoms with van der Waals surface area (Å²) in [6.45, 7) is 1.94. The molecule has 128 valence electrons. The third-order valence-corrected chi connectivity index (χ3v) is 3.68. The summed E-state index contributed by atoms with van der Waals surface area (Å²) in [4.78, 5) is 32.1. The third kappa shape index (κ3) is 3.32. The molecule has 0 aliphatic heterocycles. The van der Waals surface area contributed by atoms with Crippen molar-refractivity contribution >= 4 is 17.7 Å². The quantitative estimate of drug-likeness (QED) is 0.654. The van der Waals surface area contributed by atoms with Crippen molar-refractivity contribution in [1.29, 1.82) is 0 Å². The Kier molecular flexibility index (Phi) is 4.69. The molecule has 0 bridgehead atoms. The van der Waals surface area contributed by atoms with Gasteiger partial charge in [0.25, 0.3) is 5.78 Å². The summed E-state index contributed by atoms with van der Waals surface area (Å²) < 4.78 is 11.6. The van der Waals surface area contributed by atoms with Gasteiger partial charge in [-0.25, -0.2) is 19.1 Å². The third-order valence-electron chi connectivity index (χ3n) is 3.68. The number of methoxy groups -OCH3 is 1. The molecule has 0 saturated carbocycles. The molecule has 0 N–H and O–H groups in total. The van der Waals surface area contributed by atoms with Gasteiger partial charge in [0, 0.05) is 6.20 Å². The topological polar surface area (TPSA) is 95.7 Å². The predicted molar refractivity (Wildman–Crippen MR) is 87.1 cm³/mol. The van der Waals surface area contributed by atoms with Gasteiger partial charge in [-0.3, -0.25) is 0 Å². The van der Waals surface area contributed by atoms with Gasteiger partial charge in [-0.1, -0.05) is 19.1 Å². The zero-order chi connectivity index (χ0) is 17.8. The van der Waals surface area contributed by atoms with Crippen LogP contribution in [0.3, 0.4) is 0 Å². The zero-order valence-corrected chi connectivity index (χ0v) is 13.8. The number of rotatable bonds is 5. The first kappa shape index (κ1) is 16.6. The molecule has 3 aromatic rings. The Labute approximate surface area is 143 Å². The van der Waals surface area contributed by atoms with E-state index in [1.54, 1.807) is 24.3 Å². The van der Waals surface area contributed by atoms with Crippen LogP contribution in [0.25, 0.3) is 5.78 Å². The molecule has 0 unspecified atom stereocenters. The van der Waals surface area contributed by atoms with Crippen LogP contribution in [0.2, 0.25) is 0 Å². The second kappa shape index (κ2) is 7.08. The molecule has 0 aliphatic carbocycles. The molecule has 0 spiro atoms. The number of aryl methyl sites for hydroxylation is 1. The summed E-state index contributed by atoms with van der Waals surface area (Å²) in [6, 6.07) is 6.73. The maximum absolute atomic E-state index is 12.4. The molecule has 0 atom stereocenters. The van der Waals surface area contributed by atoms with E-state index in [1.807, 2.05) is 6.92 Å². The highest BCUT2D eigenvalue weighted by Gasteiger charge is 2.17. The van der Waals surface area contributed by atoms with Crippen LogP contribution in [0.5, 0.6) is 0 Å². The lowest BCUT2D eigenvalue weighted by Crippen LogP contribution is -2.13. The maximum atomic E-state index is 12.4. The van der Waals surface area contributed by atoms with Gasteiger partial charge in [0.15, 0.2) is 0 Å². The highest BCUT2D eigenvalue weighted by Crippen LogP contribution is 2.13. The first-order valence-electron chi connectivity index (χ1n) is 7.66. The van der Waals surface area contributed by atoms with E-state index in [9.17, 15) is 9.59 Å². The number of hydrogen-bond acceptors (Lipinski definition) is 7.